The van der Waals surface area contributed by atoms with E-state index >= 15 is 0 Å². The van der Waals surface area contributed by atoms with Crippen LogP contribution in [0.15, 0.2) is 48.9 Å². The number of carbonyl (C=O) groups excluding carboxylic acids is 1. The van der Waals surface area contributed by atoms with Crippen LogP contribution in [0.5, 0.6) is 0 Å². The second kappa shape index (κ2) is 6.76. The highest BCUT2D eigenvalue weighted by Crippen LogP contribution is 2.27. The van der Waals surface area contributed by atoms with Crippen LogP contribution in [0.2, 0.25) is 5.02 Å². The Morgan fingerprint density at radius 1 is 1.21 bits per heavy atom. The van der Waals surface area contributed by atoms with Crippen LogP contribution in [0.4, 0.5) is 5.69 Å². The fourth-order valence-corrected chi connectivity index (χ4v) is 3.85. The van der Waals surface area contributed by atoms with E-state index < -0.39 is 0 Å². The number of amides is 1. The third-order valence-electron chi connectivity index (χ3n) is 4.98. The summed E-state index contributed by atoms with van der Waals surface area (Å²) in [5, 5.41) is 13.0. The summed E-state index contributed by atoms with van der Waals surface area (Å²) in [6, 6.07) is 9.51. The van der Waals surface area contributed by atoms with Gasteiger partial charge in [-0.25, -0.2) is 9.67 Å². The zero-order valence-corrected chi connectivity index (χ0v) is 15.7. The number of hydrogen-bond donors (Lipinski definition) is 1. The largest absolute Gasteiger partial charge is 0.305 e. The number of carbonyl (C=O) groups is 1. The second-order valence-corrected chi connectivity index (χ2v) is 7.30. The standard InChI is InChI=1S/C20H17ClN6O/c21-16-4-1-3-13(7-16)12-27-19-14(10-24-27)8-15(9-22-19)20(28)26-6-2-5-17-18(26)11-23-25-17/h1,3-4,7-11H,2,5-6,12H2,(H,23,25). The van der Waals surface area contributed by atoms with E-state index in [2.05, 4.69) is 20.3 Å². The van der Waals surface area contributed by atoms with E-state index in [4.69, 9.17) is 11.6 Å². The van der Waals surface area contributed by atoms with Gasteiger partial charge in [0.15, 0.2) is 5.65 Å². The lowest BCUT2D eigenvalue weighted by atomic mass is 10.1. The number of hydrogen-bond acceptors (Lipinski definition) is 4. The van der Waals surface area contributed by atoms with Gasteiger partial charge in [-0.1, -0.05) is 23.7 Å². The van der Waals surface area contributed by atoms with Crippen LogP contribution in [0, 0.1) is 0 Å². The molecule has 1 aliphatic rings. The lowest BCUT2D eigenvalue weighted by Crippen LogP contribution is -2.35. The highest BCUT2D eigenvalue weighted by Gasteiger charge is 2.25. The Balaban J connectivity index is 1.44. The number of aryl methyl sites for hydroxylation is 1. The first-order valence-electron chi connectivity index (χ1n) is 9.09. The summed E-state index contributed by atoms with van der Waals surface area (Å²) in [4.78, 5) is 19.3. The molecule has 8 heteroatoms. The van der Waals surface area contributed by atoms with Crippen molar-refractivity contribution in [2.45, 2.75) is 19.4 Å². The maximum absolute atomic E-state index is 13.0. The summed E-state index contributed by atoms with van der Waals surface area (Å²) in [7, 11) is 0. The van der Waals surface area contributed by atoms with Crippen molar-refractivity contribution in [1.82, 2.24) is 25.0 Å². The van der Waals surface area contributed by atoms with Gasteiger partial charge < -0.3 is 4.90 Å². The van der Waals surface area contributed by atoms with Crippen LogP contribution < -0.4 is 4.90 Å². The lowest BCUT2D eigenvalue weighted by Gasteiger charge is -2.26. The van der Waals surface area contributed by atoms with Gasteiger partial charge >= 0.3 is 0 Å². The monoisotopic (exact) mass is 392 g/mol. The summed E-state index contributed by atoms with van der Waals surface area (Å²) >= 11 is 6.07. The van der Waals surface area contributed by atoms with Crippen molar-refractivity contribution < 1.29 is 4.79 Å². The third kappa shape index (κ3) is 2.93. The minimum absolute atomic E-state index is 0.0701. The van der Waals surface area contributed by atoms with Gasteiger partial charge in [-0.05, 0) is 36.6 Å². The summed E-state index contributed by atoms with van der Waals surface area (Å²) in [6.45, 7) is 1.24. The van der Waals surface area contributed by atoms with E-state index in [1.807, 2.05) is 35.0 Å². The molecule has 0 radical (unpaired) electrons. The smallest absolute Gasteiger partial charge is 0.259 e. The number of H-pyrrole nitrogens is 1. The van der Waals surface area contributed by atoms with E-state index in [0.717, 1.165) is 40.8 Å². The van der Waals surface area contributed by atoms with Crippen LogP contribution in [0.25, 0.3) is 11.0 Å². The molecule has 0 aliphatic carbocycles. The van der Waals surface area contributed by atoms with Crippen LogP contribution >= 0.6 is 11.6 Å². The van der Waals surface area contributed by atoms with Crippen molar-refractivity contribution in [3.05, 3.63) is 70.8 Å². The molecule has 1 aromatic carbocycles. The fraction of sp³-hybridized carbons (Fsp3) is 0.200. The van der Waals surface area contributed by atoms with Gasteiger partial charge in [-0.3, -0.25) is 9.89 Å². The normalized spacial score (nSPS) is 13.7. The number of pyridine rings is 1. The van der Waals surface area contributed by atoms with Gasteiger partial charge in [0, 0.05) is 23.2 Å². The molecule has 5 rings (SSSR count). The molecule has 3 aromatic heterocycles. The Morgan fingerprint density at radius 2 is 2.14 bits per heavy atom. The SMILES string of the molecule is O=C(c1cnc2c(cnn2Cc2cccc(Cl)c2)c1)N1CCCc2[nH]ncc21. The Labute approximate surface area is 165 Å². The molecular formula is C20H17ClN6O. The van der Waals surface area contributed by atoms with Gasteiger partial charge in [0.25, 0.3) is 5.91 Å². The van der Waals surface area contributed by atoms with Gasteiger partial charge in [-0.15, -0.1) is 0 Å². The maximum atomic E-state index is 13.0. The van der Waals surface area contributed by atoms with Gasteiger partial charge in [0.2, 0.25) is 0 Å². The predicted octanol–water partition coefficient (Wildman–Crippen LogP) is 3.45. The van der Waals surface area contributed by atoms with Crippen LogP contribution in [0.1, 0.15) is 28.0 Å². The average molecular weight is 393 g/mol. The maximum Gasteiger partial charge on any atom is 0.259 e. The molecule has 0 atom stereocenters. The van der Waals surface area contributed by atoms with Gasteiger partial charge in [0.05, 0.1) is 35.9 Å². The van der Waals surface area contributed by atoms with Gasteiger partial charge in [0.1, 0.15) is 0 Å². The van der Waals surface area contributed by atoms with E-state index in [-0.39, 0.29) is 5.91 Å². The van der Waals surface area contributed by atoms with E-state index in [1.165, 1.54) is 0 Å². The molecule has 1 N–H and O–H groups in total. The number of rotatable bonds is 3. The topological polar surface area (TPSA) is 79.7 Å². The van der Waals surface area contributed by atoms with Crippen molar-refractivity contribution in [2.75, 3.05) is 11.4 Å². The summed E-state index contributed by atoms with van der Waals surface area (Å²) < 4.78 is 1.81. The van der Waals surface area contributed by atoms with E-state index in [1.54, 1.807) is 23.5 Å². The Morgan fingerprint density at radius 3 is 3.04 bits per heavy atom. The molecule has 4 aromatic rings. The number of halogens is 1. The number of benzene rings is 1. The first-order chi connectivity index (χ1) is 13.7. The van der Waals surface area contributed by atoms with E-state index in [9.17, 15) is 4.79 Å². The second-order valence-electron chi connectivity index (χ2n) is 6.86. The first kappa shape index (κ1) is 16.9. The highest BCUT2D eigenvalue weighted by molar-refractivity contribution is 6.30. The molecule has 140 valence electrons. The van der Waals surface area contributed by atoms with Crippen molar-refractivity contribution in [1.29, 1.82) is 0 Å². The first-order valence-corrected chi connectivity index (χ1v) is 9.47. The quantitative estimate of drug-likeness (QED) is 0.579. The molecule has 0 spiro atoms. The van der Waals surface area contributed by atoms with Gasteiger partial charge in [-0.2, -0.15) is 10.2 Å². The molecule has 4 heterocycles. The zero-order chi connectivity index (χ0) is 19.1. The average Bonchev–Trinajstić information content (AvgIpc) is 3.34. The van der Waals surface area contributed by atoms with Crippen molar-refractivity contribution in [2.24, 2.45) is 0 Å². The summed E-state index contributed by atoms with van der Waals surface area (Å²) in [5.74, 6) is -0.0701. The minimum atomic E-state index is -0.0701. The molecule has 0 saturated carbocycles. The summed E-state index contributed by atoms with van der Waals surface area (Å²) in [5.41, 5.74) is 4.18. The Bertz CT molecular complexity index is 1180. The van der Waals surface area contributed by atoms with Crippen molar-refractivity contribution in [3.63, 3.8) is 0 Å². The number of aromatic amines is 1. The number of fused-ring (bicyclic) bond motifs is 2. The molecular weight excluding hydrogens is 376 g/mol. The molecule has 28 heavy (non-hydrogen) atoms. The van der Waals surface area contributed by atoms with Crippen LogP contribution in [0.3, 0.4) is 0 Å². The summed E-state index contributed by atoms with van der Waals surface area (Å²) in [6.07, 6.45) is 6.89. The van der Waals surface area contributed by atoms with Crippen molar-refractivity contribution in [3.8, 4) is 0 Å². The van der Waals surface area contributed by atoms with E-state index in [0.29, 0.717) is 23.7 Å². The highest BCUT2D eigenvalue weighted by atomic mass is 35.5. The number of aromatic nitrogens is 5. The Kier molecular flexibility index (Phi) is 4.09. The molecule has 0 saturated heterocycles. The molecule has 0 unspecified atom stereocenters. The molecule has 0 bridgehead atoms. The third-order valence-corrected chi connectivity index (χ3v) is 5.22. The van der Waals surface area contributed by atoms with Crippen LogP contribution in [-0.2, 0) is 13.0 Å². The lowest BCUT2D eigenvalue weighted by molar-refractivity contribution is 0.0985. The Hall–Kier alpha value is -3.19. The fourth-order valence-electron chi connectivity index (χ4n) is 3.64. The van der Waals surface area contributed by atoms with Crippen molar-refractivity contribution >= 4 is 34.2 Å². The molecule has 0 fully saturated rings. The predicted molar refractivity (Wildman–Crippen MR) is 107 cm³/mol. The number of anilines is 1. The van der Waals surface area contributed by atoms with Crippen LogP contribution in [-0.4, -0.2) is 37.4 Å². The molecule has 1 aliphatic heterocycles. The molecule has 1 amide bonds. The molecule has 7 nitrogen and oxygen atoms in total. The zero-order valence-electron chi connectivity index (χ0n) is 15.0. The minimum Gasteiger partial charge on any atom is -0.305 e. The number of nitrogens with zero attached hydrogens (tertiary/aromatic N) is 5. The number of nitrogens with one attached hydrogen (secondary N) is 1.